The minimum atomic E-state index is 0.0918. The first-order chi connectivity index (χ1) is 10.6. The van der Waals surface area contributed by atoms with Crippen LogP contribution in [0, 0.1) is 11.3 Å². The summed E-state index contributed by atoms with van der Waals surface area (Å²) in [6.45, 7) is 9.38. The second kappa shape index (κ2) is 7.16. The molecule has 0 spiro atoms. The van der Waals surface area contributed by atoms with Gasteiger partial charge in [-0.05, 0) is 44.6 Å². The number of hydrogen-bond donors (Lipinski definition) is 2. The Morgan fingerprint density at radius 1 is 1.27 bits per heavy atom. The van der Waals surface area contributed by atoms with Crippen LogP contribution in [0.5, 0.6) is 0 Å². The van der Waals surface area contributed by atoms with Crippen LogP contribution >= 0.6 is 0 Å². The van der Waals surface area contributed by atoms with Gasteiger partial charge in [0.15, 0.2) is 0 Å². The fraction of sp³-hybridized carbons (Fsp3) is 1.00. The molecule has 3 fully saturated rings. The SMILES string of the molecule is C[C@@H]1CN(C[C@@H]2CCCO2)CC[C@@H]1N[C@H]1CCC[C@]1(C)CO. The van der Waals surface area contributed by atoms with Crippen molar-refractivity contribution >= 4 is 0 Å². The van der Waals surface area contributed by atoms with Gasteiger partial charge < -0.3 is 20.1 Å². The topological polar surface area (TPSA) is 44.7 Å². The van der Waals surface area contributed by atoms with E-state index < -0.39 is 0 Å². The number of ether oxygens (including phenoxy) is 1. The average molecular weight is 310 g/mol. The quantitative estimate of drug-likeness (QED) is 0.815. The molecule has 1 saturated carbocycles. The van der Waals surface area contributed by atoms with Gasteiger partial charge in [0, 0.05) is 43.8 Å². The average Bonchev–Trinajstić information content (AvgIpc) is 3.13. The molecule has 2 saturated heterocycles. The molecule has 2 N–H and O–H groups in total. The monoisotopic (exact) mass is 310 g/mol. The molecule has 128 valence electrons. The van der Waals surface area contributed by atoms with Crippen LogP contribution in [0.1, 0.15) is 52.4 Å². The van der Waals surface area contributed by atoms with Crippen LogP contribution in [-0.2, 0) is 4.74 Å². The van der Waals surface area contributed by atoms with Gasteiger partial charge in [-0.25, -0.2) is 0 Å². The minimum Gasteiger partial charge on any atom is -0.396 e. The number of aliphatic hydroxyl groups is 1. The molecular weight excluding hydrogens is 276 g/mol. The molecule has 0 amide bonds. The highest BCUT2D eigenvalue weighted by molar-refractivity contribution is 4.96. The van der Waals surface area contributed by atoms with Crippen molar-refractivity contribution in [1.29, 1.82) is 0 Å². The number of hydrogen-bond acceptors (Lipinski definition) is 4. The van der Waals surface area contributed by atoms with Gasteiger partial charge >= 0.3 is 0 Å². The summed E-state index contributed by atoms with van der Waals surface area (Å²) in [6, 6.07) is 1.10. The predicted molar refractivity (Wildman–Crippen MR) is 89.0 cm³/mol. The van der Waals surface area contributed by atoms with Crippen molar-refractivity contribution in [3.63, 3.8) is 0 Å². The molecule has 2 heterocycles. The molecule has 1 aliphatic carbocycles. The predicted octanol–water partition coefficient (Wildman–Crippen LogP) is 2.02. The third-order valence-electron chi connectivity index (χ3n) is 6.33. The van der Waals surface area contributed by atoms with Crippen molar-refractivity contribution in [3.8, 4) is 0 Å². The van der Waals surface area contributed by atoms with Gasteiger partial charge in [0.25, 0.3) is 0 Å². The number of rotatable bonds is 5. The molecular formula is C18H34N2O2. The van der Waals surface area contributed by atoms with E-state index in [1.54, 1.807) is 0 Å². The first-order valence-electron chi connectivity index (χ1n) is 9.31. The summed E-state index contributed by atoms with van der Waals surface area (Å²) in [5, 5.41) is 13.6. The molecule has 3 aliphatic rings. The van der Waals surface area contributed by atoms with Gasteiger partial charge in [-0.1, -0.05) is 20.3 Å². The fourth-order valence-electron chi connectivity index (χ4n) is 4.69. The van der Waals surface area contributed by atoms with Gasteiger partial charge in [0.2, 0.25) is 0 Å². The summed E-state index contributed by atoms with van der Waals surface area (Å²) in [7, 11) is 0. The largest absolute Gasteiger partial charge is 0.396 e. The zero-order valence-corrected chi connectivity index (χ0v) is 14.4. The maximum absolute atomic E-state index is 9.73. The molecule has 0 aromatic heterocycles. The Bertz CT molecular complexity index is 359. The van der Waals surface area contributed by atoms with Gasteiger partial charge in [0.05, 0.1) is 6.10 Å². The van der Waals surface area contributed by atoms with E-state index in [2.05, 4.69) is 24.1 Å². The lowest BCUT2D eigenvalue weighted by Crippen LogP contribution is -2.55. The third kappa shape index (κ3) is 3.66. The van der Waals surface area contributed by atoms with E-state index in [1.165, 1.54) is 45.2 Å². The zero-order chi connectivity index (χ0) is 15.6. The lowest BCUT2D eigenvalue weighted by molar-refractivity contribution is 0.0445. The van der Waals surface area contributed by atoms with E-state index in [4.69, 9.17) is 4.74 Å². The highest BCUT2D eigenvalue weighted by Gasteiger charge is 2.40. The minimum absolute atomic E-state index is 0.0918. The van der Waals surface area contributed by atoms with E-state index in [0.29, 0.717) is 30.7 Å². The van der Waals surface area contributed by atoms with E-state index in [1.807, 2.05) is 0 Å². The zero-order valence-electron chi connectivity index (χ0n) is 14.4. The molecule has 4 nitrogen and oxygen atoms in total. The Morgan fingerprint density at radius 3 is 2.82 bits per heavy atom. The molecule has 22 heavy (non-hydrogen) atoms. The van der Waals surface area contributed by atoms with E-state index in [-0.39, 0.29) is 5.41 Å². The number of piperidine rings is 1. The first-order valence-corrected chi connectivity index (χ1v) is 9.31. The summed E-state index contributed by atoms with van der Waals surface area (Å²) < 4.78 is 5.78. The molecule has 0 bridgehead atoms. The van der Waals surface area contributed by atoms with Crippen LogP contribution in [-0.4, -0.2) is 61.0 Å². The fourth-order valence-corrected chi connectivity index (χ4v) is 4.69. The maximum atomic E-state index is 9.73. The number of likely N-dealkylation sites (tertiary alicyclic amines) is 1. The molecule has 3 rings (SSSR count). The second-order valence-corrected chi connectivity index (χ2v) is 8.19. The Hall–Kier alpha value is -0.160. The van der Waals surface area contributed by atoms with Crippen LogP contribution in [0.4, 0.5) is 0 Å². The first kappa shape index (κ1) is 16.7. The summed E-state index contributed by atoms with van der Waals surface area (Å²) >= 11 is 0. The molecule has 4 heteroatoms. The molecule has 0 unspecified atom stereocenters. The standard InChI is InChI=1S/C18H34N2O2/c1-14-11-20(12-15-5-4-10-22-15)9-7-16(14)19-17-6-3-8-18(17,2)13-21/h14-17,19,21H,3-13H2,1-2H3/t14-,15+,16+,17+,18-/m1/s1. The van der Waals surface area contributed by atoms with Crippen molar-refractivity contribution in [2.24, 2.45) is 11.3 Å². The Morgan fingerprint density at radius 2 is 2.14 bits per heavy atom. The maximum Gasteiger partial charge on any atom is 0.0702 e. The Kier molecular flexibility index (Phi) is 5.43. The molecule has 0 aromatic rings. The highest BCUT2D eigenvalue weighted by Crippen LogP contribution is 2.38. The van der Waals surface area contributed by atoms with E-state index in [9.17, 15) is 5.11 Å². The van der Waals surface area contributed by atoms with Crippen molar-refractivity contribution in [2.75, 3.05) is 32.8 Å². The third-order valence-corrected chi connectivity index (χ3v) is 6.33. The Balaban J connectivity index is 1.48. The molecule has 5 atom stereocenters. The lowest BCUT2D eigenvalue weighted by Gasteiger charge is -2.41. The van der Waals surface area contributed by atoms with E-state index >= 15 is 0 Å². The number of nitrogens with one attached hydrogen (secondary N) is 1. The van der Waals surface area contributed by atoms with Crippen molar-refractivity contribution in [1.82, 2.24) is 10.2 Å². The van der Waals surface area contributed by atoms with E-state index in [0.717, 1.165) is 19.6 Å². The number of nitrogens with zero attached hydrogens (tertiary/aromatic N) is 1. The van der Waals surface area contributed by atoms with Crippen LogP contribution in [0.15, 0.2) is 0 Å². The van der Waals surface area contributed by atoms with Crippen LogP contribution in [0.25, 0.3) is 0 Å². The smallest absolute Gasteiger partial charge is 0.0702 e. The van der Waals surface area contributed by atoms with Crippen LogP contribution in [0.2, 0.25) is 0 Å². The van der Waals surface area contributed by atoms with Gasteiger partial charge in [-0.3, -0.25) is 0 Å². The highest BCUT2D eigenvalue weighted by atomic mass is 16.5. The summed E-state index contributed by atoms with van der Waals surface area (Å²) in [5.41, 5.74) is 0.0918. The van der Waals surface area contributed by atoms with Crippen LogP contribution < -0.4 is 5.32 Å². The van der Waals surface area contributed by atoms with Gasteiger partial charge in [0.1, 0.15) is 0 Å². The van der Waals surface area contributed by atoms with Crippen molar-refractivity contribution < 1.29 is 9.84 Å². The van der Waals surface area contributed by atoms with Crippen molar-refractivity contribution in [2.45, 2.75) is 70.6 Å². The summed E-state index contributed by atoms with van der Waals surface area (Å²) in [5.74, 6) is 0.679. The molecule has 0 radical (unpaired) electrons. The number of aliphatic hydroxyl groups excluding tert-OH is 1. The Labute approximate surface area is 135 Å². The normalized spacial score (nSPS) is 43.8. The van der Waals surface area contributed by atoms with Crippen molar-refractivity contribution in [3.05, 3.63) is 0 Å². The second-order valence-electron chi connectivity index (χ2n) is 8.19. The molecule has 2 aliphatic heterocycles. The lowest BCUT2D eigenvalue weighted by atomic mass is 9.83. The van der Waals surface area contributed by atoms with Crippen LogP contribution in [0.3, 0.4) is 0 Å². The van der Waals surface area contributed by atoms with Gasteiger partial charge in [-0.2, -0.15) is 0 Å². The summed E-state index contributed by atoms with van der Waals surface area (Å²) in [4.78, 5) is 2.60. The molecule has 0 aromatic carbocycles. The van der Waals surface area contributed by atoms with Gasteiger partial charge in [-0.15, -0.1) is 0 Å². The summed E-state index contributed by atoms with van der Waals surface area (Å²) in [6.07, 6.45) is 7.81.